The molecule has 1 aliphatic rings. The van der Waals surface area contributed by atoms with Crippen LogP contribution >= 0.6 is 0 Å². The van der Waals surface area contributed by atoms with Gasteiger partial charge in [0.1, 0.15) is 5.75 Å². The second-order valence-corrected chi connectivity index (χ2v) is 7.35. The molecular formula is C21H24N6O3. The van der Waals surface area contributed by atoms with Gasteiger partial charge in [-0.2, -0.15) is 0 Å². The van der Waals surface area contributed by atoms with E-state index in [1.54, 1.807) is 56.6 Å². The van der Waals surface area contributed by atoms with Crippen molar-refractivity contribution in [2.45, 2.75) is 13.0 Å². The lowest BCUT2D eigenvalue weighted by Crippen LogP contribution is -2.48. The third-order valence-corrected chi connectivity index (χ3v) is 5.43. The predicted molar refractivity (Wildman–Crippen MR) is 112 cm³/mol. The highest BCUT2D eigenvalue weighted by Gasteiger charge is 2.30. The van der Waals surface area contributed by atoms with Crippen LogP contribution in [0.2, 0.25) is 0 Å². The van der Waals surface area contributed by atoms with Crippen molar-refractivity contribution in [3.05, 3.63) is 54.0 Å². The van der Waals surface area contributed by atoms with E-state index in [0.717, 1.165) is 12.3 Å². The van der Waals surface area contributed by atoms with Crippen molar-refractivity contribution < 1.29 is 14.3 Å². The summed E-state index contributed by atoms with van der Waals surface area (Å²) in [4.78, 5) is 28.6. The summed E-state index contributed by atoms with van der Waals surface area (Å²) in [5, 5.41) is 11.5. The van der Waals surface area contributed by atoms with E-state index < -0.39 is 0 Å². The highest BCUT2D eigenvalue weighted by Crippen LogP contribution is 2.24. The smallest absolute Gasteiger partial charge is 0.257 e. The van der Waals surface area contributed by atoms with Gasteiger partial charge >= 0.3 is 0 Å². The molecule has 9 nitrogen and oxygen atoms in total. The van der Waals surface area contributed by atoms with E-state index in [-0.39, 0.29) is 17.9 Å². The molecule has 0 unspecified atom stereocenters. The first-order chi connectivity index (χ1) is 14.5. The number of amides is 2. The van der Waals surface area contributed by atoms with Crippen molar-refractivity contribution in [2.24, 2.45) is 0 Å². The quantitative estimate of drug-likeness (QED) is 0.708. The first kappa shape index (κ1) is 19.8. The molecule has 0 spiro atoms. The number of hydrogen-bond acceptors (Lipinski definition) is 6. The van der Waals surface area contributed by atoms with Crippen LogP contribution < -0.4 is 10.1 Å². The number of ether oxygens (including phenoxy) is 1. The van der Waals surface area contributed by atoms with E-state index in [2.05, 4.69) is 20.4 Å². The van der Waals surface area contributed by atoms with Crippen molar-refractivity contribution in [2.75, 3.05) is 39.1 Å². The molecule has 156 valence electrons. The third-order valence-electron chi connectivity index (χ3n) is 5.43. The monoisotopic (exact) mass is 408 g/mol. The lowest BCUT2D eigenvalue weighted by atomic mass is 10.1. The number of rotatable bonds is 4. The molecule has 0 saturated carbocycles. The summed E-state index contributed by atoms with van der Waals surface area (Å²) in [6, 6.07) is 10.5. The number of methoxy groups -OCH3 is 1. The second-order valence-electron chi connectivity index (χ2n) is 7.35. The van der Waals surface area contributed by atoms with Gasteiger partial charge in [0, 0.05) is 38.4 Å². The maximum Gasteiger partial charge on any atom is 0.257 e. The highest BCUT2D eigenvalue weighted by molar-refractivity contribution is 6.04. The number of piperazine rings is 1. The van der Waals surface area contributed by atoms with Crippen LogP contribution in [-0.4, -0.2) is 70.0 Å². The van der Waals surface area contributed by atoms with Gasteiger partial charge in [-0.25, -0.2) is 0 Å². The van der Waals surface area contributed by atoms with E-state index in [1.165, 1.54) is 0 Å². The van der Waals surface area contributed by atoms with Crippen LogP contribution in [0.25, 0.3) is 5.65 Å². The largest absolute Gasteiger partial charge is 0.497 e. The maximum absolute atomic E-state index is 12.8. The Kier molecular flexibility index (Phi) is 5.37. The van der Waals surface area contributed by atoms with Gasteiger partial charge in [0.2, 0.25) is 5.91 Å². The fourth-order valence-electron chi connectivity index (χ4n) is 3.59. The molecule has 0 aliphatic carbocycles. The Bertz CT molecular complexity index is 1080. The molecule has 2 amide bonds. The lowest BCUT2D eigenvalue weighted by Gasteiger charge is -2.38. The molecule has 1 N–H and O–H groups in total. The number of pyridine rings is 1. The van der Waals surface area contributed by atoms with Crippen molar-refractivity contribution in [1.82, 2.24) is 24.4 Å². The van der Waals surface area contributed by atoms with Crippen molar-refractivity contribution in [1.29, 1.82) is 0 Å². The average Bonchev–Trinajstić information content (AvgIpc) is 3.17. The maximum atomic E-state index is 12.8. The van der Waals surface area contributed by atoms with Gasteiger partial charge in [-0.15, -0.1) is 10.2 Å². The van der Waals surface area contributed by atoms with Crippen LogP contribution in [0, 0.1) is 0 Å². The van der Waals surface area contributed by atoms with Gasteiger partial charge in [0.15, 0.2) is 11.5 Å². The number of benzene rings is 1. The zero-order valence-corrected chi connectivity index (χ0v) is 17.2. The Morgan fingerprint density at radius 3 is 2.57 bits per heavy atom. The Balaban J connectivity index is 1.60. The minimum absolute atomic E-state index is 0.0430. The number of hydrogen-bond donors (Lipinski definition) is 1. The molecule has 9 heteroatoms. The van der Waals surface area contributed by atoms with Gasteiger partial charge in [-0.3, -0.25) is 18.9 Å². The molecule has 2 aromatic heterocycles. The number of anilines is 1. The van der Waals surface area contributed by atoms with Crippen molar-refractivity contribution >= 4 is 23.1 Å². The lowest BCUT2D eigenvalue weighted by molar-refractivity contribution is -0.131. The topological polar surface area (TPSA) is 92.1 Å². The van der Waals surface area contributed by atoms with E-state index >= 15 is 0 Å². The summed E-state index contributed by atoms with van der Waals surface area (Å²) in [6.45, 7) is 3.55. The van der Waals surface area contributed by atoms with E-state index in [4.69, 9.17) is 4.74 Å². The van der Waals surface area contributed by atoms with Crippen LogP contribution in [0.1, 0.15) is 29.1 Å². The third kappa shape index (κ3) is 3.84. The SMILES string of the molecule is COc1ccc(NC(=O)c2ccc3nnc([C@H]4CN(C(C)=O)CCN4C)n3c2)cc1. The van der Waals surface area contributed by atoms with Gasteiger partial charge in [-0.05, 0) is 43.4 Å². The van der Waals surface area contributed by atoms with E-state index in [9.17, 15) is 9.59 Å². The molecule has 1 saturated heterocycles. The summed E-state index contributed by atoms with van der Waals surface area (Å²) in [7, 11) is 3.60. The average molecular weight is 408 g/mol. The van der Waals surface area contributed by atoms with Crippen molar-refractivity contribution in [3.8, 4) is 5.75 Å². The number of carbonyl (C=O) groups excluding carboxylic acids is 2. The first-order valence-electron chi connectivity index (χ1n) is 9.72. The van der Waals surface area contributed by atoms with E-state index in [0.29, 0.717) is 35.8 Å². The summed E-state index contributed by atoms with van der Waals surface area (Å²) in [5.74, 6) is 1.24. The summed E-state index contributed by atoms with van der Waals surface area (Å²) >= 11 is 0. The highest BCUT2D eigenvalue weighted by atomic mass is 16.5. The standard InChI is InChI=1S/C21H24N6O3/c1-14(28)26-11-10-25(2)18(13-26)20-24-23-19-9-4-15(12-27(19)20)21(29)22-16-5-7-17(30-3)8-6-16/h4-9,12,18H,10-11,13H2,1-3H3,(H,22,29)/t18-/m1/s1. The predicted octanol–water partition coefficient (Wildman–Crippen LogP) is 1.83. The van der Waals surface area contributed by atoms with Crippen LogP contribution in [0.15, 0.2) is 42.6 Å². The summed E-state index contributed by atoms with van der Waals surface area (Å²) in [6.07, 6.45) is 1.74. The zero-order valence-electron chi connectivity index (χ0n) is 17.2. The molecule has 1 aromatic carbocycles. The first-order valence-corrected chi connectivity index (χ1v) is 9.72. The Hall–Kier alpha value is -3.46. The number of nitrogens with one attached hydrogen (secondary N) is 1. The van der Waals surface area contributed by atoms with Crippen molar-refractivity contribution in [3.63, 3.8) is 0 Å². The van der Waals surface area contributed by atoms with Gasteiger partial charge < -0.3 is 15.0 Å². The van der Waals surface area contributed by atoms with Gasteiger partial charge in [0.25, 0.3) is 5.91 Å². The molecule has 0 bridgehead atoms. The van der Waals surface area contributed by atoms with Crippen LogP contribution in [0.4, 0.5) is 5.69 Å². The fourth-order valence-corrected chi connectivity index (χ4v) is 3.59. The molecule has 30 heavy (non-hydrogen) atoms. The molecule has 4 rings (SSSR count). The van der Waals surface area contributed by atoms with Crippen LogP contribution in [0.3, 0.4) is 0 Å². The molecule has 1 atom stereocenters. The zero-order chi connectivity index (χ0) is 21.3. The number of carbonyl (C=O) groups is 2. The summed E-state index contributed by atoms with van der Waals surface area (Å²) < 4.78 is 6.97. The molecule has 1 aliphatic heterocycles. The number of fused-ring (bicyclic) bond motifs is 1. The second kappa shape index (κ2) is 8.11. The van der Waals surface area contributed by atoms with E-state index in [1.807, 2.05) is 16.3 Å². The minimum Gasteiger partial charge on any atom is -0.497 e. The fraction of sp³-hybridized carbons (Fsp3) is 0.333. The molecule has 0 radical (unpaired) electrons. The molecule has 1 fully saturated rings. The van der Waals surface area contributed by atoms with Gasteiger partial charge in [-0.1, -0.05) is 0 Å². The molecule has 3 heterocycles. The van der Waals surface area contributed by atoms with Gasteiger partial charge in [0.05, 0.1) is 18.7 Å². The molecule has 3 aromatic rings. The Labute approximate surface area is 174 Å². The molecular weight excluding hydrogens is 384 g/mol. The van der Waals surface area contributed by atoms with Crippen LogP contribution in [0.5, 0.6) is 5.75 Å². The summed E-state index contributed by atoms with van der Waals surface area (Å²) in [5.41, 5.74) is 1.81. The number of nitrogens with zero attached hydrogens (tertiary/aromatic N) is 5. The normalized spacial score (nSPS) is 17.2. The Morgan fingerprint density at radius 2 is 1.87 bits per heavy atom. The number of likely N-dealkylation sites (N-methyl/N-ethyl adjacent to an activating group) is 1. The number of aromatic nitrogens is 3. The minimum atomic E-state index is -0.232. The van der Waals surface area contributed by atoms with Crippen LogP contribution in [-0.2, 0) is 4.79 Å². The Morgan fingerprint density at radius 1 is 1.10 bits per heavy atom.